The number of hydrogen-bond acceptors (Lipinski definition) is 4. The summed E-state index contributed by atoms with van der Waals surface area (Å²) in [5.74, 6) is 4.91. The number of thiazole rings is 1. The van der Waals surface area contributed by atoms with Gasteiger partial charge >= 0.3 is 0 Å². The van der Waals surface area contributed by atoms with Gasteiger partial charge in [0.2, 0.25) is 0 Å². The van der Waals surface area contributed by atoms with Crippen LogP contribution in [0.3, 0.4) is 0 Å². The highest BCUT2D eigenvalue weighted by Crippen LogP contribution is 2.29. The second kappa shape index (κ2) is 6.14. The van der Waals surface area contributed by atoms with Crippen molar-refractivity contribution in [2.24, 2.45) is 5.84 Å². The average Bonchev–Trinajstić information content (AvgIpc) is 2.83. The summed E-state index contributed by atoms with van der Waals surface area (Å²) in [6, 6.07) is 7.39. The number of hydrazine groups is 1. The van der Waals surface area contributed by atoms with Crippen molar-refractivity contribution in [3.8, 4) is 10.6 Å². The summed E-state index contributed by atoms with van der Waals surface area (Å²) in [7, 11) is 0. The minimum atomic E-state index is -0.291. The maximum absolute atomic E-state index is 11.7. The molecule has 2 aromatic rings. The molecule has 0 spiro atoms. The molecule has 0 saturated heterocycles. The van der Waals surface area contributed by atoms with Crippen molar-refractivity contribution < 1.29 is 4.79 Å². The molecule has 0 radical (unpaired) electrons. The van der Waals surface area contributed by atoms with Crippen molar-refractivity contribution in [3.05, 3.63) is 39.9 Å². The fourth-order valence-electron chi connectivity index (χ4n) is 1.72. The highest BCUT2D eigenvalue weighted by molar-refractivity contribution is 7.17. The largest absolute Gasteiger partial charge is 0.289 e. The number of amides is 1. The number of halogens is 1. The lowest BCUT2D eigenvalue weighted by atomic mass is 10.2. The van der Waals surface area contributed by atoms with Gasteiger partial charge in [0.1, 0.15) is 9.88 Å². The molecule has 0 atom stereocenters. The summed E-state index contributed by atoms with van der Waals surface area (Å²) in [6.07, 6.45) is 1.68. The van der Waals surface area contributed by atoms with Crippen molar-refractivity contribution in [1.29, 1.82) is 0 Å². The summed E-state index contributed by atoms with van der Waals surface area (Å²) >= 11 is 7.21. The van der Waals surface area contributed by atoms with E-state index >= 15 is 0 Å². The van der Waals surface area contributed by atoms with E-state index in [1.165, 1.54) is 11.3 Å². The molecule has 0 unspecified atom stereocenters. The Bertz CT molecular complexity index is 580. The Morgan fingerprint density at radius 3 is 2.68 bits per heavy atom. The van der Waals surface area contributed by atoms with E-state index < -0.39 is 0 Å². The Labute approximate surface area is 120 Å². The van der Waals surface area contributed by atoms with Crippen molar-refractivity contribution in [2.45, 2.75) is 19.8 Å². The van der Waals surface area contributed by atoms with Crippen LogP contribution in [0.4, 0.5) is 0 Å². The molecule has 1 heterocycles. The zero-order chi connectivity index (χ0) is 13.8. The number of rotatable bonds is 4. The number of hydrogen-bond donors (Lipinski definition) is 2. The molecule has 1 amide bonds. The van der Waals surface area contributed by atoms with Gasteiger partial charge in [0.25, 0.3) is 5.91 Å². The van der Waals surface area contributed by atoms with Crippen LogP contribution in [-0.2, 0) is 6.42 Å². The van der Waals surface area contributed by atoms with Crippen LogP contribution in [0.25, 0.3) is 10.6 Å². The number of nitrogens with one attached hydrogen (secondary N) is 1. The molecule has 0 saturated carbocycles. The third-order valence-electron chi connectivity index (χ3n) is 2.61. The fourth-order valence-corrected chi connectivity index (χ4v) is 2.86. The number of benzene rings is 1. The standard InChI is InChI=1S/C13H14ClN3OS/c1-2-3-10-11(12(18)17-15)19-13(16-10)8-4-6-9(14)7-5-8/h4-7H,2-3,15H2,1H3,(H,17,18). The highest BCUT2D eigenvalue weighted by atomic mass is 35.5. The van der Waals surface area contributed by atoms with Gasteiger partial charge in [-0.1, -0.05) is 37.1 Å². The molecule has 0 aliphatic rings. The first kappa shape index (κ1) is 14.0. The van der Waals surface area contributed by atoms with Gasteiger partial charge in [0, 0.05) is 10.6 Å². The molecule has 3 N–H and O–H groups in total. The Hall–Kier alpha value is -1.43. The molecular formula is C13H14ClN3OS. The Kier molecular flexibility index (Phi) is 4.52. The number of aryl methyl sites for hydroxylation is 1. The summed E-state index contributed by atoms with van der Waals surface area (Å²) in [4.78, 5) is 16.8. The lowest BCUT2D eigenvalue weighted by Gasteiger charge is -1.97. The number of carbonyl (C=O) groups is 1. The number of nitrogens with zero attached hydrogens (tertiary/aromatic N) is 1. The van der Waals surface area contributed by atoms with Crippen LogP contribution in [-0.4, -0.2) is 10.9 Å². The van der Waals surface area contributed by atoms with E-state index in [1.807, 2.05) is 19.1 Å². The van der Waals surface area contributed by atoms with Crippen LogP contribution in [0.5, 0.6) is 0 Å². The number of nitrogens with two attached hydrogens (primary N) is 1. The minimum absolute atomic E-state index is 0.291. The summed E-state index contributed by atoms with van der Waals surface area (Å²) in [5.41, 5.74) is 3.90. The Morgan fingerprint density at radius 2 is 2.11 bits per heavy atom. The predicted octanol–water partition coefficient (Wildman–Crippen LogP) is 3.02. The van der Waals surface area contributed by atoms with E-state index in [1.54, 1.807) is 12.1 Å². The van der Waals surface area contributed by atoms with Gasteiger partial charge in [-0.15, -0.1) is 11.3 Å². The Morgan fingerprint density at radius 1 is 1.42 bits per heavy atom. The van der Waals surface area contributed by atoms with Gasteiger partial charge in [0.15, 0.2) is 0 Å². The first-order chi connectivity index (χ1) is 9.15. The number of carbonyl (C=O) groups excluding carboxylic acids is 1. The van der Waals surface area contributed by atoms with Gasteiger partial charge in [-0.2, -0.15) is 0 Å². The molecule has 0 aliphatic carbocycles. The fraction of sp³-hybridized carbons (Fsp3) is 0.231. The maximum atomic E-state index is 11.7. The molecule has 6 heteroatoms. The second-order valence-corrected chi connectivity index (χ2v) is 5.46. The zero-order valence-electron chi connectivity index (χ0n) is 10.4. The third-order valence-corrected chi connectivity index (χ3v) is 4.01. The second-order valence-electron chi connectivity index (χ2n) is 4.03. The monoisotopic (exact) mass is 295 g/mol. The number of aromatic nitrogens is 1. The normalized spacial score (nSPS) is 10.5. The van der Waals surface area contributed by atoms with Crippen molar-refractivity contribution in [2.75, 3.05) is 0 Å². The van der Waals surface area contributed by atoms with Crippen molar-refractivity contribution in [3.63, 3.8) is 0 Å². The summed E-state index contributed by atoms with van der Waals surface area (Å²) in [6.45, 7) is 2.05. The lowest BCUT2D eigenvalue weighted by Crippen LogP contribution is -2.30. The zero-order valence-corrected chi connectivity index (χ0v) is 12.0. The predicted molar refractivity (Wildman–Crippen MR) is 78.2 cm³/mol. The van der Waals surface area contributed by atoms with Gasteiger partial charge < -0.3 is 0 Å². The van der Waals surface area contributed by atoms with Crippen LogP contribution in [0.2, 0.25) is 5.02 Å². The topological polar surface area (TPSA) is 68.0 Å². The first-order valence-electron chi connectivity index (χ1n) is 5.92. The molecular weight excluding hydrogens is 282 g/mol. The smallest absolute Gasteiger partial charge is 0.277 e. The summed E-state index contributed by atoms with van der Waals surface area (Å²) < 4.78 is 0. The van der Waals surface area contributed by atoms with Gasteiger partial charge in [-0.05, 0) is 18.6 Å². The van der Waals surface area contributed by atoms with Crippen LogP contribution < -0.4 is 11.3 Å². The van der Waals surface area contributed by atoms with E-state index in [2.05, 4.69) is 10.4 Å². The highest BCUT2D eigenvalue weighted by Gasteiger charge is 2.17. The van der Waals surface area contributed by atoms with E-state index in [9.17, 15) is 4.79 Å². The van der Waals surface area contributed by atoms with Gasteiger partial charge in [0.05, 0.1) is 5.69 Å². The molecule has 1 aromatic heterocycles. The molecule has 2 rings (SSSR count). The van der Waals surface area contributed by atoms with Gasteiger partial charge in [-0.3, -0.25) is 10.2 Å². The third kappa shape index (κ3) is 3.12. The molecule has 0 aliphatic heterocycles. The molecule has 0 bridgehead atoms. The summed E-state index contributed by atoms with van der Waals surface area (Å²) in [5, 5.41) is 1.48. The van der Waals surface area contributed by atoms with Gasteiger partial charge in [-0.25, -0.2) is 10.8 Å². The van der Waals surface area contributed by atoms with Crippen LogP contribution >= 0.6 is 22.9 Å². The van der Waals surface area contributed by atoms with E-state index in [0.29, 0.717) is 9.90 Å². The molecule has 0 fully saturated rings. The quantitative estimate of drug-likeness (QED) is 0.517. The average molecular weight is 296 g/mol. The van der Waals surface area contributed by atoms with Crippen molar-refractivity contribution in [1.82, 2.24) is 10.4 Å². The van der Waals surface area contributed by atoms with Crippen LogP contribution in [0, 0.1) is 0 Å². The Balaban J connectivity index is 2.41. The van der Waals surface area contributed by atoms with E-state index in [4.69, 9.17) is 17.4 Å². The van der Waals surface area contributed by atoms with E-state index in [0.717, 1.165) is 29.1 Å². The van der Waals surface area contributed by atoms with Crippen molar-refractivity contribution >= 4 is 28.8 Å². The van der Waals surface area contributed by atoms with Crippen LogP contribution in [0.1, 0.15) is 28.7 Å². The molecule has 19 heavy (non-hydrogen) atoms. The number of nitrogen functional groups attached to an aromatic ring is 1. The molecule has 1 aromatic carbocycles. The lowest BCUT2D eigenvalue weighted by molar-refractivity contribution is 0.0956. The molecule has 100 valence electrons. The molecule has 4 nitrogen and oxygen atoms in total. The first-order valence-corrected chi connectivity index (χ1v) is 7.11. The maximum Gasteiger partial charge on any atom is 0.277 e. The minimum Gasteiger partial charge on any atom is -0.289 e. The van der Waals surface area contributed by atoms with Crippen LogP contribution in [0.15, 0.2) is 24.3 Å². The SMILES string of the molecule is CCCc1nc(-c2ccc(Cl)cc2)sc1C(=O)NN. The van der Waals surface area contributed by atoms with E-state index in [-0.39, 0.29) is 5.91 Å².